The zero-order chi connectivity index (χ0) is 14.8. The predicted molar refractivity (Wildman–Crippen MR) is 80.2 cm³/mol. The number of nitrogens with zero attached hydrogens (tertiary/aromatic N) is 4. The third-order valence-corrected chi connectivity index (χ3v) is 4.34. The lowest BCUT2D eigenvalue weighted by molar-refractivity contribution is -0.116. The number of azo groups is 1. The quantitative estimate of drug-likeness (QED) is 0.874. The number of rotatable bonds is 3. The van der Waals surface area contributed by atoms with Crippen LogP contribution in [0.1, 0.15) is 5.69 Å². The Hall–Kier alpha value is -2.07. The Balaban J connectivity index is 1.55. The average Bonchev–Trinajstić information content (AvgIpc) is 3.06. The average molecular weight is 322 g/mol. The Morgan fingerprint density at radius 1 is 1.57 bits per heavy atom. The second-order valence-corrected chi connectivity index (χ2v) is 6.03. The molecule has 1 atom stereocenters. The van der Waals surface area contributed by atoms with E-state index in [0.717, 1.165) is 17.5 Å². The van der Waals surface area contributed by atoms with E-state index in [1.165, 1.54) is 17.5 Å². The summed E-state index contributed by atoms with van der Waals surface area (Å²) in [6, 6.07) is 0. The molecule has 0 radical (unpaired) electrons. The number of fused-ring (bicyclic) bond motifs is 1. The van der Waals surface area contributed by atoms with Crippen molar-refractivity contribution in [2.75, 3.05) is 11.1 Å². The summed E-state index contributed by atoms with van der Waals surface area (Å²) in [6.45, 7) is 1.86. The SMILES string of the molecule is Cc1csc(NC(=O)CSC2=NC3N=NC=C3C(=O)N2)n1. The molecule has 0 aromatic carbocycles. The third kappa shape index (κ3) is 3.16. The Kier molecular flexibility index (Phi) is 3.80. The molecule has 21 heavy (non-hydrogen) atoms. The van der Waals surface area contributed by atoms with Crippen LogP contribution in [0.3, 0.4) is 0 Å². The van der Waals surface area contributed by atoms with Crippen LogP contribution >= 0.6 is 23.1 Å². The lowest BCUT2D eigenvalue weighted by Crippen LogP contribution is -2.38. The lowest BCUT2D eigenvalue weighted by atomic mass is 10.2. The number of amidine groups is 1. The van der Waals surface area contributed by atoms with Gasteiger partial charge in [0.1, 0.15) is 0 Å². The van der Waals surface area contributed by atoms with E-state index in [9.17, 15) is 9.59 Å². The Bertz CT molecular complexity index is 693. The van der Waals surface area contributed by atoms with Gasteiger partial charge in [-0.05, 0) is 6.92 Å². The molecule has 1 aromatic rings. The number of aromatic nitrogens is 1. The van der Waals surface area contributed by atoms with Crippen molar-refractivity contribution < 1.29 is 9.59 Å². The lowest BCUT2D eigenvalue weighted by Gasteiger charge is -2.16. The van der Waals surface area contributed by atoms with Gasteiger partial charge in [0.25, 0.3) is 5.91 Å². The minimum atomic E-state index is -0.578. The number of hydrogen-bond donors (Lipinski definition) is 2. The molecule has 2 N–H and O–H groups in total. The number of aryl methyl sites for hydroxylation is 1. The van der Waals surface area contributed by atoms with Gasteiger partial charge < -0.3 is 10.6 Å². The van der Waals surface area contributed by atoms with Gasteiger partial charge in [0.15, 0.2) is 16.5 Å². The molecule has 0 saturated carbocycles. The van der Waals surface area contributed by atoms with Crippen LogP contribution < -0.4 is 10.6 Å². The van der Waals surface area contributed by atoms with E-state index in [1.807, 2.05) is 12.3 Å². The number of aliphatic imine (C=N–C) groups is 1. The van der Waals surface area contributed by atoms with Gasteiger partial charge in [-0.1, -0.05) is 11.8 Å². The Labute approximate surface area is 127 Å². The molecule has 2 aliphatic rings. The van der Waals surface area contributed by atoms with Crippen molar-refractivity contribution >= 4 is 45.2 Å². The number of amides is 2. The van der Waals surface area contributed by atoms with Crippen LogP contribution in [0.2, 0.25) is 0 Å². The molecule has 0 saturated heterocycles. The first-order chi connectivity index (χ1) is 10.1. The first-order valence-electron chi connectivity index (χ1n) is 5.96. The highest BCUT2D eigenvalue weighted by Crippen LogP contribution is 2.22. The van der Waals surface area contributed by atoms with Gasteiger partial charge in [0, 0.05) is 5.38 Å². The molecule has 1 unspecified atom stereocenters. The number of nitrogens with one attached hydrogen (secondary N) is 2. The summed E-state index contributed by atoms with van der Waals surface area (Å²) in [5, 5.41) is 15.6. The van der Waals surface area contributed by atoms with Gasteiger partial charge in [0.2, 0.25) is 5.91 Å². The van der Waals surface area contributed by atoms with Crippen molar-refractivity contribution in [2.45, 2.75) is 13.1 Å². The van der Waals surface area contributed by atoms with Crippen molar-refractivity contribution in [1.29, 1.82) is 0 Å². The van der Waals surface area contributed by atoms with Crippen molar-refractivity contribution in [3.8, 4) is 0 Å². The molecule has 3 rings (SSSR count). The molecular weight excluding hydrogens is 312 g/mol. The second-order valence-electron chi connectivity index (χ2n) is 4.21. The summed E-state index contributed by atoms with van der Waals surface area (Å²) in [5.41, 5.74) is 1.28. The minimum Gasteiger partial charge on any atom is -0.301 e. The maximum Gasteiger partial charge on any atom is 0.258 e. The monoisotopic (exact) mass is 322 g/mol. The van der Waals surface area contributed by atoms with Crippen LogP contribution in [-0.2, 0) is 9.59 Å². The molecule has 0 aliphatic carbocycles. The van der Waals surface area contributed by atoms with Crippen LogP contribution in [0.5, 0.6) is 0 Å². The minimum absolute atomic E-state index is 0.126. The molecular formula is C11H10N6O2S2. The highest BCUT2D eigenvalue weighted by atomic mass is 32.2. The molecule has 1 aromatic heterocycles. The maximum atomic E-state index is 11.8. The molecule has 10 heteroatoms. The van der Waals surface area contributed by atoms with E-state index in [-0.39, 0.29) is 17.6 Å². The number of hydrogen-bond acceptors (Lipinski definition) is 8. The van der Waals surface area contributed by atoms with Crippen LogP contribution in [0.15, 0.2) is 32.4 Å². The summed E-state index contributed by atoms with van der Waals surface area (Å²) >= 11 is 2.50. The summed E-state index contributed by atoms with van der Waals surface area (Å²) in [7, 11) is 0. The normalized spacial score (nSPS) is 19.7. The van der Waals surface area contributed by atoms with Crippen LogP contribution in [0.4, 0.5) is 5.13 Å². The summed E-state index contributed by atoms with van der Waals surface area (Å²) < 4.78 is 0. The van der Waals surface area contributed by atoms with Gasteiger partial charge in [-0.15, -0.1) is 11.3 Å². The highest BCUT2D eigenvalue weighted by Gasteiger charge is 2.29. The number of thiazole rings is 1. The van der Waals surface area contributed by atoms with Gasteiger partial charge >= 0.3 is 0 Å². The van der Waals surface area contributed by atoms with Crippen molar-refractivity contribution in [3.63, 3.8) is 0 Å². The van der Waals surface area contributed by atoms with Crippen LogP contribution in [0.25, 0.3) is 0 Å². The Morgan fingerprint density at radius 2 is 2.43 bits per heavy atom. The number of thioether (sulfide) groups is 1. The highest BCUT2D eigenvalue weighted by molar-refractivity contribution is 8.14. The van der Waals surface area contributed by atoms with Crippen molar-refractivity contribution in [3.05, 3.63) is 22.8 Å². The fourth-order valence-corrected chi connectivity index (χ4v) is 3.03. The zero-order valence-corrected chi connectivity index (χ0v) is 12.5. The van der Waals surface area contributed by atoms with Crippen LogP contribution in [0, 0.1) is 6.92 Å². The third-order valence-electron chi connectivity index (χ3n) is 2.58. The summed E-state index contributed by atoms with van der Waals surface area (Å²) in [5.74, 6) is -0.361. The van der Waals surface area contributed by atoms with E-state index in [4.69, 9.17) is 0 Å². The van der Waals surface area contributed by atoms with E-state index >= 15 is 0 Å². The second kappa shape index (κ2) is 5.74. The molecule has 0 fully saturated rings. The first-order valence-corrected chi connectivity index (χ1v) is 7.82. The largest absolute Gasteiger partial charge is 0.301 e. The molecule has 0 spiro atoms. The first kappa shape index (κ1) is 13.9. The van der Waals surface area contributed by atoms with Crippen molar-refractivity contribution in [2.24, 2.45) is 15.2 Å². The standard InChI is InChI=1S/C11H10N6O2S2/c1-5-3-20-10(13-5)14-7(18)4-21-11-15-8-6(2-12-17-8)9(19)16-11/h2-3,8H,4H2,1H3,(H,13,14,18)(H,15,16,19). The summed E-state index contributed by atoms with van der Waals surface area (Å²) in [4.78, 5) is 31.9. The smallest absolute Gasteiger partial charge is 0.258 e. The number of carbonyl (C=O) groups is 2. The summed E-state index contributed by atoms with van der Waals surface area (Å²) in [6.07, 6.45) is 0.813. The van der Waals surface area contributed by atoms with Crippen LogP contribution in [-0.4, -0.2) is 33.9 Å². The molecule has 8 nitrogen and oxygen atoms in total. The topological polar surface area (TPSA) is 108 Å². The van der Waals surface area contributed by atoms with E-state index < -0.39 is 6.17 Å². The van der Waals surface area contributed by atoms with Gasteiger partial charge in [-0.2, -0.15) is 10.2 Å². The number of carbonyl (C=O) groups excluding carboxylic acids is 2. The van der Waals surface area contributed by atoms with Gasteiger partial charge in [-0.3, -0.25) is 9.59 Å². The van der Waals surface area contributed by atoms with Gasteiger partial charge in [-0.25, -0.2) is 9.98 Å². The fraction of sp³-hybridized carbons (Fsp3) is 0.273. The zero-order valence-electron chi connectivity index (χ0n) is 10.9. The fourth-order valence-electron chi connectivity index (χ4n) is 1.65. The van der Waals surface area contributed by atoms with Gasteiger partial charge in [0.05, 0.1) is 23.2 Å². The molecule has 0 bridgehead atoms. The molecule has 3 heterocycles. The molecule has 108 valence electrons. The van der Waals surface area contributed by atoms with E-state index in [2.05, 4.69) is 30.8 Å². The maximum absolute atomic E-state index is 11.8. The number of anilines is 1. The molecule has 2 aliphatic heterocycles. The predicted octanol–water partition coefficient (Wildman–Crippen LogP) is 1.28. The van der Waals surface area contributed by atoms with E-state index in [1.54, 1.807) is 0 Å². The Morgan fingerprint density at radius 3 is 3.19 bits per heavy atom. The van der Waals surface area contributed by atoms with E-state index in [0.29, 0.717) is 15.9 Å². The van der Waals surface area contributed by atoms with Crippen molar-refractivity contribution in [1.82, 2.24) is 10.3 Å². The molecule has 2 amide bonds.